The summed E-state index contributed by atoms with van der Waals surface area (Å²) in [6.45, 7) is 0. The molecule has 130 valence electrons. The minimum Gasteiger partial charge on any atom is -0.487 e. The minimum atomic E-state index is -0.843. The van der Waals surface area contributed by atoms with Gasteiger partial charge in [0.15, 0.2) is 4.33 Å². The third kappa shape index (κ3) is 4.41. The highest BCUT2D eigenvalue weighted by atomic mass is 35.5. The van der Waals surface area contributed by atoms with Crippen LogP contribution in [0.25, 0.3) is 0 Å². The lowest BCUT2D eigenvalue weighted by Gasteiger charge is -2.09. The molecule has 0 spiro atoms. The second-order valence-corrected chi connectivity index (χ2v) is 7.03. The summed E-state index contributed by atoms with van der Waals surface area (Å²) in [5.41, 5.74) is 0.224. The molecule has 0 aromatic heterocycles. The Kier molecular flexibility index (Phi) is 4.83. The largest absolute Gasteiger partial charge is 0.487 e. The highest BCUT2D eigenvalue weighted by molar-refractivity contribution is 6.51. The van der Waals surface area contributed by atoms with Gasteiger partial charge in [-0.3, -0.25) is 10.1 Å². The summed E-state index contributed by atoms with van der Waals surface area (Å²) in [5, 5.41) is 4.53. The van der Waals surface area contributed by atoms with Crippen molar-refractivity contribution in [1.29, 1.82) is 0 Å². The van der Waals surface area contributed by atoms with Gasteiger partial charge in [0.1, 0.15) is 17.7 Å². The summed E-state index contributed by atoms with van der Waals surface area (Å²) in [6.07, 6.45) is 0.299. The zero-order valence-corrected chi connectivity index (χ0v) is 14.3. The molecule has 0 bridgehead atoms. The Morgan fingerprint density at radius 1 is 1.12 bits per heavy atom. The summed E-state index contributed by atoms with van der Waals surface area (Å²) in [4.78, 5) is 23.7. The van der Waals surface area contributed by atoms with Crippen LogP contribution in [-0.2, 0) is 0 Å². The molecule has 3 amide bonds. The highest BCUT2D eigenvalue weighted by Crippen LogP contribution is 2.49. The molecule has 1 aliphatic rings. The topological polar surface area (TPSA) is 67.4 Å². The standard InChI is InChI=1S/C17H13Cl2FN2O3/c18-17(19)9-14(17)25-11-7-5-10(6-8-11)21-16(24)22-15(23)12-3-1-2-4-13(12)20/h1-8,14H,9H2,(H2,21,22,23,24). The maximum Gasteiger partial charge on any atom is 0.326 e. The molecule has 2 N–H and O–H groups in total. The number of imide groups is 1. The molecular weight excluding hydrogens is 370 g/mol. The summed E-state index contributed by atoms with van der Waals surface area (Å²) in [5.74, 6) is -0.976. The number of nitrogens with one attached hydrogen (secondary N) is 2. The molecule has 2 aromatic rings. The quantitative estimate of drug-likeness (QED) is 0.781. The summed E-state index contributed by atoms with van der Waals surface area (Å²) in [7, 11) is 0. The first-order valence-corrected chi connectivity index (χ1v) is 8.12. The van der Waals surface area contributed by atoms with Crippen molar-refractivity contribution in [2.75, 3.05) is 5.32 Å². The van der Waals surface area contributed by atoms with E-state index in [-0.39, 0.29) is 11.7 Å². The molecule has 1 fully saturated rings. The highest BCUT2D eigenvalue weighted by Gasteiger charge is 2.54. The summed E-state index contributed by atoms with van der Waals surface area (Å²) < 4.78 is 18.2. The van der Waals surface area contributed by atoms with Gasteiger partial charge >= 0.3 is 6.03 Å². The van der Waals surface area contributed by atoms with Crippen LogP contribution in [0.3, 0.4) is 0 Å². The fraction of sp³-hybridized carbons (Fsp3) is 0.176. The number of urea groups is 1. The SMILES string of the molecule is O=C(NC(=O)c1ccccc1F)Nc1ccc(OC2CC2(Cl)Cl)cc1. The number of hydrogen-bond acceptors (Lipinski definition) is 3. The number of rotatable bonds is 4. The van der Waals surface area contributed by atoms with Gasteiger partial charge in [0.2, 0.25) is 0 Å². The molecule has 0 aliphatic heterocycles. The monoisotopic (exact) mass is 382 g/mol. The van der Waals surface area contributed by atoms with Crippen molar-refractivity contribution in [3.63, 3.8) is 0 Å². The molecule has 1 aliphatic carbocycles. The number of hydrogen-bond donors (Lipinski definition) is 2. The molecule has 3 rings (SSSR count). The van der Waals surface area contributed by atoms with Crippen LogP contribution in [0, 0.1) is 5.82 Å². The van der Waals surface area contributed by atoms with Crippen LogP contribution >= 0.6 is 23.2 Å². The summed E-state index contributed by atoms with van der Waals surface area (Å²) in [6, 6.07) is 11.1. The lowest BCUT2D eigenvalue weighted by Crippen LogP contribution is -2.34. The van der Waals surface area contributed by atoms with Crippen LogP contribution in [-0.4, -0.2) is 22.4 Å². The normalized spacial score (nSPS) is 17.5. The molecule has 2 aromatic carbocycles. The van der Waals surface area contributed by atoms with Crippen LogP contribution in [0.5, 0.6) is 5.75 Å². The van der Waals surface area contributed by atoms with Gasteiger partial charge in [0, 0.05) is 12.1 Å². The first kappa shape index (κ1) is 17.5. The first-order valence-electron chi connectivity index (χ1n) is 7.36. The molecular formula is C17H13Cl2FN2O3. The second-order valence-electron chi connectivity index (χ2n) is 5.48. The van der Waals surface area contributed by atoms with E-state index in [0.717, 1.165) is 6.07 Å². The zero-order valence-electron chi connectivity index (χ0n) is 12.8. The van der Waals surface area contributed by atoms with Crippen LogP contribution in [0.1, 0.15) is 16.8 Å². The number of benzene rings is 2. The zero-order chi connectivity index (χ0) is 18.0. The molecule has 1 unspecified atom stereocenters. The van der Waals surface area contributed by atoms with Gasteiger partial charge in [0.05, 0.1) is 5.56 Å². The maximum atomic E-state index is 13.5. The molecule has 5 nitrogen and oxygen atoms in total. The lowest BCUT2D eigenvalue weighted by molar-refractivity contribution is 0.0963. The number of ether oxygens (including phenoxy) is 1. The lowest BCUT2D eigenvalue weighted by atomic mass is 10.2. The van der Waals surface area contributed by atoms with E-state index in [2.05, 4.69) is 10.6 Å². The fourth-order valence-electron chi connectivity index (χ4n) is 2.08. The van der Waals surface area contributed by atoms with Crippen molar-refractivity contribution in [2.45, 2.75) is 16.9 Å². The van der Waals surface area contributed by atoms with Crippen LogP contribution in [0.2, 0.25) is 0 Å². The van der Waals surface area contributed by atoms with E-state index in [1.54, 1.807) is 24.3 Å². The Labute approximate surface area is 153 Å². The van der Waals surface area contributed by atoms with Gasteiger partial charge in [-0.05, 0) is 36.4 Å². The van der Waals surface area contributed by atoms with E-state index in [0.29, 0.717) is 17.9 Å². The Hall–Kier alpha value is -2.31. The molecule has 1 saturated carbocycles. The average Bonchev–Trinajstić information content (AvgIpc) is 3.15. The van der Waals surface area contributed by atoms with Crippen molar-refractivity contribution in [2.24, 2.45) is 0 Å². The number of alkyl halides is 2. The third-order valence-corrected chi connectivity index (χ3v) is 4.30. The Bertz CT molecular complexity index is 812. The Balaban J connectivity index is 1.54. The Morgan fingerprint density at radius 2 is 1.76 bits per heavy atom. The van der Waals surface area contributed by atoms with Crippen molar-refractivity contribution < 1.29 is 18.7 Å². The maximum absolute atomic E-state index is 13.5. The number of carbonyl (C=O) groups excluding carboxylic acids is 2. The van der Waals surface area contributed by atoms with Crippen LogP contribution in [0.15, 0.2) is 48.5 Å². The van der Waals surface area contributed by atoms with E-state index in [4.69, 9.17) is 27.9 Å². The number of carbonyl (C=O) groups is 2. The van der Waals surface area contributed by atoms with Crippen molar-refractivity contribution in [1.82, 2.24) is 5.32 Å². The third-order valence-electron chi connectivity index (χ3n) is 3.50. The number of amides is 3. The molecule has 8 heteroatoms. The van der Waals surface area contributed by atoms with E-state index in [1.165, 1.54) is 18.2 Å². The number of anilines is 1. The van der Waals surface area contributed by atoms with Gasteiger partial charge in [-0.15, -0.1) is 0 Å². The predicted octanol–water partition coefficient (Wildman–Crippen LogP) is 4.11. The molecule has 0 radical (unpaired) electrons. The van der Waals surface area contributed by atoms with Gasteiger partial charge in [-0.2, -0.15) is 0 Å². The van der Waals surface area contributed by atoms with Crippen LogP contribution in [0.4, 0.5) is 14.9 Å². The van der Waals surface area contributed by atoms with Crippen LogP contribution < -0.4 is 15.4 Å². The van der Waals surface area contributed by atoms with Gasteiger partial charge in [-0.25, -0.2) is 9.18 Å². The number of halogens is 3. The molecule has 25 heavy (non-hydrogen) atoms. The van der Waals surface area contributed by atoms with E-state index >= 15 is 0 Å². The first-order chi connectivity index (χ1) is 11.8. The Morgan fingerprint density at radius 3 is 2.36 bits per heavy atom. The predicted molar refractivity (Wildman–Crippen MR) is 92.8 cm³/mol. The van der Waals surface area contributed by atoms with Gasteiger partial charge in [0.25, 0.3) is 5.91 Å². The molecule has 1 atom stereocenters. The van der Waals surface area contributed by atoms with Crippen molar-refractivity contribution >= 4 is 40.8 Å². The fourth-order valence-corrected chi connectivity index (χ4v) is 2.44. The van der Waals surface area contributed by atoms with Gasteiger partial charge < -0.3 is 10.1 Å². The van der Waals surface area contributed by atoms with E-state index in [9.17, 15) is 14.0 Å². The van der Waals surface area contributed by atoms with Crippen molar-refractivity contribution in [3.05, 3.63) is 59.9 Å². The smallest absolute Gasteiger partial charge is 0.326 e. The van der Waals surface area contributed by atoms with E-state index in [1.807, 2.05) is 0 Å². The van der Waals surface area contributed by atoms with E-state index < -0.39 is 22.1 Å². The van der Waals surface area contributed by atoms with Gasteiger partial charge in [-0.1, -0.05) is 35.3 Å². The second kappa shape index (κ2) is 6.90. The minimum absolute atomic E-state index is 0.212. The average molecular weight is 383 g/mol. The molecule has 0 saturated heterocycles. The molecule has 0 heterocycles. The van der Waals surface area contributed by atoms with Crippen molar-refractivity contribution in [3.8, 4) is 5.75 Å². The summed E-state index contributed by atoms with van der Waals surface area (Å²) >= 11 is 11.8.